The van der Waals surface area contributed by atoms with Crippen LogP contribution in [0, 0.1) is 5.41 Å². The van der Waals surface area contributed by atoms with Crippen molar-refractivity contribution in [3.8, 4) is 0 Å². The SMILES string of the molecule is CC(C)(C)NC(Cn1ccc2ccccc21)C(=O)C(C)(C)C. The predicted octanol–water partition coefficient (Wildman–Crippen LogP) is 4.01. The molecule has 0 saturated carbocycles. The minimum Gasteiger partial charge on any atom is -0.345 e. The molecule has 0 aliphatic rings. The van der Waals surface area contributed by atoms with Gasteiger partial charge in [0, 0.05) is 29.2 Å². The van der Waals surface area contributed by atoms with E-state index in [9.17, 15) is 4.79 Å². The highest BCUT2D eigenvalue weighted by atomic mass is 16.1. The van der Waals surface area contributed by atoms with Gasteiger partial charge in [0.15, 0.2) is 5.78 Å². The molecular formula is C19H28N2O. The molecule has 1 heterocycles. The average Bonchev–Trinajstić information content (AvgIpc) is 2.78. The number of hydrogen-bond donors (Lipinski definition) is 1. The highest BCUT2D eigenvalue weighted by molar-refractivity contribution is 5.89. The summed E-state index contributed by atoms with van der Waals surface area (Å²) in [7, 11) is 0. The van der Waals surface area contributed by atoms with Crippen LogP contribution in [0.2, 0.25) is 0 Å². The highest BCUT2D eigenvalue weighted by Crippen LogP contribution is 2.21. The van der Waals surface area contributed by atoms with Crippen LogP contribution in [0.5, 0.6) is 0 Å². The summed E-state index contributed by atoms with van der Waals surface area (Å²) >= 11 is 0. The van der Waals surface area contributed by atoms with Crippen molar-refractivity contribution < 1.29 is 4.79 Å². The fourth-order valence-corrected chi connectivity index (χ4v) is 2.74. The van der Waals surface area contributed by atoms with Gasteiger partial charge in [-0.1, -0.05) is 39.0 Å². The Kier molecular flexibility index (Phi) is 4.48. The van der Waals surface area contributed by atoms with Gasteiger partial charge in [-0.25, -0.2) is 0 Å². The number of fused-ring (bicyclic) bond motifs is 1. The van der Waals surface area contributed by atoms with Crippen molar-refractivity contribution in [2.45, 2.75) is 59.7 Å². The lowest BCUT2D eigenvalue weighted by Crippen LogP contribution is -2.52. The second kappa shape index (κ2) is 5.88. The molecule has 0 saturated heterocycles. The van der Waals surface area contributed by atoms with E-state index in [2.05, 4.69) is 55.1 Å². The molecule has 0 spiro atoms. The molecule has 0 radical (unpaired) electrons. The van der Waals surface area contributed by atoms with E-state index in [0.29, 0.717) is 6.54 Å². The Labute approximate surface area is 133 Å². The number of hydrogen-bond acceptors (Lipinski definition) is 2. The highest BCUT2D eigenvalue weighted by Gasteiger charge is 2.32. The van der Waals surface area contributed by atoms with Crippen molar-refractivity contribution in [2.24, 2.45) is 5.41 Å². The maximum Gasteiger partial charge on any atom is 0.156 e. The van der Waals surface area contributed by atoms with Crippen LogP contribution in [0.15, 0.2) is 36.5 Å². The first-order valence-corrected chi connectivity index (χ1v) is 7.94. The van der Waals surface area contributed by atoms with Crippen molar-refractivity contribution in [1.29, 1.82) is 0 Å². The van der Waals surface area contributed by atoms with Crippen LogP contribution in [-0.4, -0.2) is 21.9 Å². The van der Waals surface area contributed by atoms with Gasteiger partial charge >= 0.3 is 0 Å². The molecule has 2 rings (SSSR count). The van der Waals surface area contributed by atoms with Crippen LogP contribution in [0.1, 0.15) is 41.5 Å². The molecule has 0 bridgehead atoms. The number of rotatable bonds is 4. The van der Waals surface area contributed by atoms with E-state index in [0.717, 1.165) is 0 Å². The number of ketones is 1. The Hall–Kier alpha value is -1.61. The zero-order chi connectivity index (χ0) is 16.5. The number of carbonyl (C=O) groups is 1. The molecule has 1 unspecified atom stereocenters. The van der Waals surface area contributed by atoms with E-state index < -0.39 is 0 Å². The Morgan fingerprint density at radius 3 is 2.32 bits per heavy atom. The van der Waals surface area contributed by atoms with E-state index in [-0.39, 0.29) is 22.8 Å². The van der Waals surface area contributed by atoms with Crippen molar-refractivity contribution >= 4 is 16.7 Å². The number of benzene rings is 1. The zero-order valence-corrected chi connectivity index (χ0v) is 14.6. The van der Waals surface area contributed by atoms with Crippen LogP contribution >= 0.6 is 0 Å². The van der Waals surface area contributed by atoms with E-state index in [4.69, 9.17) is 0 Å². The number of carbonyl (C=O) groups excluding carboxylic acids is 1. The zero-order valence-electron chi connectivity index (χ0n) is 14.6. The molecule has 22 heavy (non-hydrogen) atoms. The topological polar surface area (TPSA) is 34.0 Å². The summed E-state index contributed by atoms with van der Waals surface area (Å²) in [5.41, 5.74) is 0.713. The van der Waals surface area contributed by atoms with Crippen molar-refractivity contribution in [3.63, 3.8) is 0 Å². The van der Waals surface area contributed by atoms with Crippen LogP contribution in [0.3, 0.4) is 0 Å². The Morgan fingerprint density at radius 2 is 1.73 bits per heavy atom. The molecule has 120 valence electrons. The molecular weight excluding hydrogens is 272 g/mol. The Bertz CT molecular complexity index is 656. The minimum absolute atomic E-state index is 0.103. The normalized spacial score (nSPS) is 14.3. The maximum absolute atomic E-state index is 12.8. The van der Waals surface area contributed by atoms with Crippen LogP contribution in [0.4, 0.5) is 0 Å². The summed E-state index contributed by atoms with van der Waals surface area (Å²) in [4.78, 5) is 12.8. The lowest BCUT2D eigenvalue weighted by atomic mass is 9.85. The Morgan fingerprint density at radius 1 is 1.09 bits per heavy atom. The molecule has 3 nitrogen and oxygen atoms in total. The standard InChI is InChI=1S/C19H28N2O/c1-18(2,3)17(22)15(20-19(4,5)6)13-21-12-11-14-9-7-8-10-16(14)21/h7-12,15,20H,13H2,1-6H3. The van der Waals surface area contributed by atoms with E-state index in [1.165, 1.54) is 10.9 Å². The van der Waals surface area contributed by atoms with Crippen molar-refractivity contribution in [2.75, 3.05) is 0 Å². The third-order valence-corrected chi connectivity index (χ3v) is 3.72. The van der Waals surface area contributed by atoms with Crippen molar-refractivity contribution in [1.82, 2.24) is 9.88 Å². The van der Waals surface area contributed by atoms with Gasteiger partial charge in [0.05, 0.1) is 6.04 Å². The van der Waals surface area contributed by atoms with Gasteiger partial charge in [0.25, 0.3) is 0 Å². The number of aromatic nitrogens is 1. The van der Waals surface area contributed by atoms with E-state index in [1.807, 2.05) is 32.9 Å². The smallest absolute Gasteiger partial charge is 0.156 e. The predicted molar refractivity (Wildman–Crippen MR) is 93.1 cm³/mol. The van der Waals surface area contributed by atoms with Gasteiger partial charge in [0.2, 0.25) is 0 Å². The summed E-state index contributed by atoms with van der Waals surface area (Å²) in [6.07, 6.45) is 2.07. The first kappa shape index (κ1) is 16.8. The molecule has 2 aromatic rings. The summed E-state index contributed by atoms with van der Waals surface area (Å²) in [6, 6.07) is 10.2. The number of nitrogens with zero attached hydrogens (tertiary/aromatic N) is 1. The first-order valence-electron chi connectivity index (χ1n) is 7.94. The monoisotopic (exact) mass is 300 g/mol. The number of para-hydroxylation sites is 1. The van der Waals surface area contributed by atoms with Gasteiger partial charge in [-0.3, -0.25) is 4.79 Å². The third-order valence-electron chi connectivity index (χ3n) is 3.72. The summed E-state index contributed by atoms with van der Waals surface area (Å²) in [6.45, 7) is 12.9. The van der Waals surface area contributed by atoms with E-state index >= 15 is 0 Å². The maximum atomic E-state index is 12.8. The quantitative estimate of drug-likeness (QED) is 0.925. The summed E-state index contributed by atoms with van der Waals surface area (Å²) in [5.74, 6) is 0.250. The van der Waals surface area contributed by atoms with E-state index in [1.54, 1.807) is 0 Å². The molecule has 0 aliphatic carbocycles. The summed E-state index contributed by atoms with van der Waals surface area (Å²) in [5, 5.41) is 4.70. The molecule has 0 amide bonds. The third kappa shape index (κ3) is 3.98. The molecule has 1 atom stereocenters. The number of nitrogens with one attached hydrogen (secondary N) is 1. The van der Waals surface area contributed by atoms with Gasteiger partial charge in [-0.05, 0) is 38.3 Å². The van der Waals surface area contributed by atoms with Crippen LogP contribution in [-0.2, 0) is 11.3 Å². The first-order chi connectivity index (χ1) is 10.1. The second-order valence-corrected chi connectivity index (χ2v) is 8.09. The molecule has 3 heteroatoms. The minimum atomic E-state index is -0.355. The van der Waals surface area contributed by atoms with Gasteiger partial charge < -0.3 is 9.88 Å². The molecule has 1 aromatic heterocycles. The van der Waals surface area contributed by atoms with Gasteiger partial charge in [0.1, 0.15) is 0 Å². The molecule has 1 N–H and O–H groups in total. The summed E-state index contributed by atoms with van der Waals surface area (Å²) < 4.78 is 2.17. The fourth-order valence-electron chi connectivity index (χ4n) is 2.74. The van der Waals surface area contributed by atoms with Gasteiger partial charge in [-0.15, -0.1) is 0 Å². The van der Waals surface area contributed by atoms with Crippen molar-refractivity contribution in [3.05, 3.63) is 36.5 Å². The Balaban J connectivity index is 2.32. The molecule has 1 aromatic carbocycles. The molecule has 0 fully saturated rings. The average molecular weight is 300 g/mol. The van der Waals surface area contributed by atoms with Gasteiger partial charge in [-0.2, -0.15) is 0 Å². The van der Waals surface area contributed by atoms with Crippen LogP contribution in [0.25, 0.3) is 10.9 Å². The lowest BCUT2D eigenvalue weighted by Gasteiger charge is -2.32. The fraction of sp³-hybridized carbons (Fsp3) is 0.526. The second-order valence-electron chi connectivity index (χ2n) is 8.09. The largest absolute Gasteiger partial charge is 0.345 e. The van der Waals surface area contributed by atoms with Crippen LogP contribution < -0.4 is 5.32 Å². The molecule has 0 aliphatic heterocycles. The number of Topliss-reactive ketones (excluding diaryl/α,β-unsaturated/α-hetero) is 1. The lowest BCUT2D eigenvalue weighted by molar-refractivity contribution is -0.129.